The maximum Gasteiger partial charge on any atom is 0.252 e. The van der Waals surface area contributed by atoms with E-state index >= 15 is 0 Å². The molecule has 0 spiro atoms. The molecule has 0 radical (unpaired) electrons. The molecule has 3 aromatic rings. The molecule has 1 unspecified atom stereocenters. The predicted octanol–water partition coefficient (Wildman–Crippen LogP) is 2.98. The second-order valence-electron chi connectivity index (χ2n) is 7.42. The molecule has 146 valence electrons. The molecule has 2 amide bonds. The Hall–Kier alpha value is -3.48. The molecule has 0 saturated carbocycles. The Bertz CT molecular complexity index is 1120. The number of aromatic nitrogens is 2. The number of amides is 2. The standard InChI is InChI=1S/C22H19FN4O2/c23-14-5-3-4-13(10-14)21-17-12-27(9-8-18(17)25-26-21)20(28)11-19-15-6-1-2-7-16(15)22(29)24-19/h1-7,10,19H,8-9,11-12H2,(H,24,29)(H,25,26). The van der Waals surface area contributed by atoms with Gasteiger partial charge in [0.25, 0.3) is 5.91 Å². The van der Waals surface area contributed by atoms with Crippen LogP contribution in [-0.2, 0) is 17.8 Å². The van der Waals surface area contributed by atoms with Crippen LogP contribution in [0.3, 0.4) is 0 Å². The minimum absolute atomic E-state index is 0.0240. The van der Waals surface area contributed by atoms with Crippen molar-refractivity contribution in [3.05, 3.63) is 76.7 Å². The van der Waals surface area contributed by atoms with E-state index in [0.717, 1.165) is 16.8 Å². The molecule has 2 aromatic carbocycles. The lowest BCUT2D eigenvalue weighted by Gasteiger charge is -2.28. The van der Waals surface area contributed by atoms with Crippen LogP contribution in [0.5, 0.6) is 0 Å². The number of nitrogens with one attached hydrogen (secondary N) is 2. The van der Waals surface area contributed by atoms with Gasteiger partial charge in [0.05, 0.1) is 18.2 Å². The van der Waals surface area contributed by atoms with Gasteiger partial charge in [-0.05, 0) is 23.8 Å². The molecular formula is C22H19FN4O2. The number of halogens is 1. The summed E-state index contributed by atoms with van der Waals surface area (Å²) in [6.07, 6.45) is 0.877. The highest BCUT2D eigenvalue weighted by atomic mass is 19.1. The molecule has 0 fully saturated rings. The number of aromatic amines is 1. The van der Waals surface area contributed by atoms with Crippen molar-refractivity contribution in [3.63, 3.8) is 0 Å². The number of carbonyl (C=O) groups excluding carboxylic acids is 2. The van der Waals surface area contributed by atoms with Gasteiger partial charge in [-0.15, -0.1) is 0 Å². The van der Waals surface area contributed by atoms with Crippen molar-refractivity contribution in [1.29, 1.82) is 0 Å². The summed E-state index contributed by atoms with van der Waals surface area (Å²) in [5, 5.41) is 10.3. The average Bonchev–Trinajstić information content (AvgIpc) is 3.29. The van der Waals surface area contributed by atoms with Crippen LogP contribution in [-0.4, -0.2) is 33.5 Å². The van der Waals surface area contributed by atoms with Crippen molar-refractivity contribution in [2.75, 3.05) is 6.54 Å². The molecule has 1 aromatic heterocycles. The topological polar surface area (TPSA) is 78.1 Å². The lowest BCUT2D eigenvalue weighted by atomic mass is 9.99. The van der Waals surface area contributed by atoms with Crippen LogP contribution in [0.15, 0.2) is 48.5 Å². The van der Waals surface area contributed by atoms with Crippen LogP contribution >= 0.6 is 0 Å². The third kappa shape index (κ3) is 3.08. The summed E-state index contributed by atoms with van der Waals surface area (Å²) in [6, 6.07) is 13.4. The van der Waals surface area contributed by atoms with E-state index in [1.54, 1.807) is 17.0 Å². The fourth-order valence-corrected chi connectivity index (χ4v) is 4.17. The van der Waals surface area contributed by atoms with Crippen molar-refractivity contribution in [1.82, 2.24) is 20.4 Å². The first-order chi connectivity index (χ1) is 14.1. The van der Waals surface area contributed by atoms with Gasteiger partial charge in [-0.25, -0.2) is 4.39 Å². The Kier molecular flexibility index (Phi) is 4.16. The molecule has 0 saturated heterocycles. The highest BCUT2D eigenvalue weighted by molar-refractivity contribution is 5.99. The molecule has 2 aliphatic heterocycles. The van der Waals surface area contributed by atoms with Crippen LogP contribution in [0.4, 0.5) is 4.39 Å². The van der Waals surface area contributed by atoms with E-state index in [-0.39, 0.29) is 30.1 Å². The van der Waals surface area contributed by atoms with Crippen molar-refractivity contribution < 1.29 is 14.0 Å². The quantitative estimate of drug-likeness (QED) is 0.722. The Balaban J connectivity index is 1.36. The molecule has 5 rings (SSSR count). The Morgan fingerprint density at radius 2 is 2.07 bits per heavy atom. The zero-order valence-electron chi connectivity index (χ0n) is 15.6. The van der Waals surface area contributed by atoms with Crippen molar-refractivity contribution in [3.8, 4) is 11.3 Å². The van der Waals surface area contributed by atoms with E-state index in [2.05, 4.69) is 15.5 Å². The van der Waals surface area contributed by atoms with Crippen LogP contribution < -0.4 is 5.32 Å². The fraction of sp³-hybridized carbons (Fsp3) is 0.227. The predicted molar refractivity (Wildman–Crippen MR) is 104 cm³/mol. The number of nitrogens with zero attached hydrogens (tertiary/aromatic N) is 2. The summed E-state index contributed by atoms with van der Waals surface area (Å²) in [4.78, 5) is 26.9. The number of rotatable bonds is 3. The summed E-state index contributed by atoms with van der Waals surface area (Å²) in [5.74, 6) is -0.481. The van der Waals surface area contributed by atoms with Crippen molar-refractivity contribution >= 4 is 11.8 Å². The Morgan fingerprint density at radius 1 is 1.21 bits per heavy atom. The first-order valence-electron chi connectivity index (χ1n) is 9.60. The van der Waals surface area contributed by atoms with Gasteiger partial charge in [0.2, 0.25) is 5.91 Å². The minimum Gasteiger partial charge on any atom is -0.345 e. The maximum absolute atomic E-state index is 13.6. The van der Waals surface area contributed by atoms with Crippen LogP contribution in [0.1, 0.15) is 39.6 Å². The summed E-state index contributed by atoms with van der Waals surface area (Å²) in [6.45, 7) is 0.998. The SMILES string of the molecule is O=C1NC(CC(=O)N2CCc3[nH]nc(-c4cccc(F)c4)c3C2)c2ccccc21. The maximum atomic E-state index is 13.6. The second-order valence-corrected chi connectivity index (χ2v) is 7.42. The fourth-order valence-electron chi connectivity index (χ4n) is 4.17. The first-order valence-corrected chi connectivity index (χ1v) is 9.60. The number of benzene rings is 2. The van der Waals surface area contributed by atoms with E-state index in [0.29, 0.717) is 36.3 Å². The summed E-state index contributed by atoms with van der Waals surface area (Å²) in [7, 11) is 0. The molecule has 3 heterocycles. The van der Waals surface area contributed by atoms with Crippen LogP contribution in [0.2, 0.25) is 0 Å². The number of H-pyrrole nitrogens is 1. The van der Waals surface area contributed by atoms with E-state index in [9.17, 15) is 14.0 Å². The highest BCUT2D eigenvalue weighted by Crippen LogP contribution is 2.31. The van der Waals surface area contributed by atoms with E-state index in [1.165, 1.54) is 12.1 Å². The van der Waals surface area contributed by atoms with Crippen LogP contribution in [0, 0.1) is 5.82 Å². The zero-order chi connectivity index (χ0) is 20.0. The Labute approximate surface area is 166 Å². The van der Waals surface area contributed by atoms with Gasteiger partial charge in [0, 0.05) is 41.9 Å². The molecule has 6 nitrogen and oxygen atoms in total. The normalized spacial score (nSPS) is 17.6. The van der Waals surface area contributed by atoms with Crippen LogP contribution in [0.25, 0.3) is 11.3 Å². The third-order valence-electron chi connectivity index (χ3n) is 5.65. The van der Waals surface area contributed by atoms with Crippen molar-refractivity contribution in [2.45, 2.75) is 25.4 Å². The minimum atomic E-state index is -0.321. The molecular weight excluding hydrogens is 371 g/mol. The van der Waals surface area contributed by atoms with E-state index in [1.807, 2.05) is 24.3 Å². The molecule has 0 bridgehead atoms. The zero-order valence-corrected chi connectivity index (χ0v) is 15.6. The summed E-state index contributed by atoms with van der Waals surface area (Å²) < 4.78 is 13.6. The van der Waals surface area contributed by atoms with E-state index in [4.69, 9.17) is 0 Å². The molecule has 2 aliphatic rings. The second kappa shape index (κ2) is 6.84. The lowest BCUT2D eigenvalue weighted by molar-refractivity contribution is -0.132. The molecule has 7 heteroatoms. The number of fused-ring (bicyclic) bond motifs is 2. The van der Waals surface area contributed by atoms with Gasteiger partial charge in [-0.1, -0.05) is 30.3 Å². The molecule has 0 aliphatic carbocycles. The highest BCUT2D eigenvalue weighted by Gasteiger charge is 2.32. The van der Waals surface area contributed by atoms with Gasteiger partial charge in [0.1, 0.15) is 5.82 Å². The smallest absolute Gasteiger partial charge is 0.252 e. The Morgan fingerprint density at radius 3 is 2.93 bits per heavy atom. The number of hydrogen-bond donors (Lipinski definition) is 2. The monoisotopic (exact) mass is 390 g/mol. The largest absolute Gasteiger partial charge is 0.345 e. The molecule has 2 N–H and O–H groups in total. The number of hydrogen-bond acceptors (Lipinski definition) is 3. The summed E-state index contributed by atoms with van der Waals surface area (Å²) in [5.41, 5.74) is 4.77. The van der Waals surface area contributed by atoms with Gasteiger partial charge in [-0.2, -0.15) is 5.10 Å². The summed E-state index contributed by atoms with van der Waals surface area (Å²) >= 11 is 0. The van der Waals surface area contributed by atoms with Crippen molar-refractivity contribution in [2.24, 2.45) is 0 Å². The van der Waals surface area contributed by atoms with E-state index < -0.39 is 0 Å². The molecule has 1 atom stereocenters. The van der Waals surface area contributed by atoms with Gasteiger partial charge < -0.3 is 10.2 Å². The molecule has 29 heavy (non-hydrogen) atoms. The third-order valence-corrected chi connectivity index (χ3v) is 5.65. The lowest BCUT2D eigenvalue weighted by Crippen LogP contribution is -2.37. The van der Waals surface area contributed by atoms with Gasteiger partial charge >= 0.3 is 0 Å². The van der Waals surface area contributed by atoms with Gasteiger partial charge in [0.15, 0.2) is 0 Å². The first kappa shape index (κ1) is 17.6. The average molecular weight is 390 g/mol. The van der Waals surface area contributed by atoms with Gasteiger partial charge in [-0.3, -0.25) is 14.7 Å². The number of carbonyl (C=O) groups is 2.